The van der Waals surface area contributed by atoms with Gasteiger partial charge in [0.1, 0.15) is 6.61 Å². The first-order valence-corrected chi connectivity index (χ1v) is 11.2. The minimum atomic E-state index is -1.13. The number of fused-ring (bicyclic) bond motifs is 3. The first kappa shape index (κ1) is 23.0. The van der Waals surface area contributed by atoms with Crippen LogP contribution in [0.5, 0.6) is 0 Å². The topological polar surface area (TPSA) is 105 Å². The highest BCUT2D eigenvalue weighted by Gasteiger charge is 2.29. The van der Waals surface area contributed by atoms with Crippen LogP contribution >= 0.6 is 0 Å². The molecule has 0 saturated carbocycles. The van der Waals surface area contributed by atoms with Crippen molar-refractivity contribution in [3.05, 3.63) is 95.6 Å². The molecule has 34 heavy (non-hydrogen) atoms. The average Bonchev–Trinajstić information content (AvgIpc) is 3.18. The number of ether oxygens (including phenoxy) is 1. The third kappa shape index (κ3) is 5.26. The number of carbonyl (C=O) groups excluding carboxylic acids is 2. The van der Waals surface area contributed by atoms with E-state index in [-0.39, 0.29) is 25.5 Å². The van der Waals surface area contributed by atoms with Crippen molar-refractivity contribution >= 4 is 18.0 Å². The van der Waals surface area contributed by atoms with Crippen LogP contribution in [0.15, 0.2) is 78.9 Å². The predicted octanol–water partition coefficient (Wildman–Crippen LogP) is 4.25. The van der Waals surface area contributed by atoms with Crippen molar-refractivity contribution in [1.29, 1.82) is 0 Å². The van der Waals surface area contributed by atoms with E-state index in [0.29, 0.717) is 12.0 Å². The number of nitrogens with one attached hydrogen (secondary N) is 2. The molecule has 7 heteroatoms. The van der Waals surface area contributed by atoms with Gasteiger partial charge >= 0.3 is 12.1 Å². The minimum Gasteiger partial charge on any atom is -0.479 e. The second kappa shape index (κ2) is 10.7. The van der Waals surface area contributed by atoms with Gasteiger partial charge in [0, 0.05) is 18.9 Å². The molecule has 3 aromatic rings. The maximum Gasteiger partial charge on any atom is 0.407 e. The molecular weight excluding hydrogens is 432 g/mol. The average molecular weight is 459 g/mol. The SMILES string of the molecule is O=C(CCCNC(=O)OCC1c2ccccc2-c2ccccc21)N[C@@H](C(=O)O)c1ccccc1. The Hall–Kier alpha value is -4.13. The molecule has 0 spiro atoms. The zero-order valence-electron chi connectivity index (χ0n) is 18.6. The number of aliphatic carboxylic acids is 1. The van der Waals surface area contributed by atoms with Crippen molar-refractivity contribution in [1.82, 2.24) is 10.6 Å². The van der Waals surface area contributed by atoms with Crippen molar-refractivity contribution in [2.24, 2.45) is 0 Å². The fourth-order valence-corrected chi connectivity index (χ4v) is 4.26. The summed E-state index contributed by atoms with van der Waals surface area (Å²) in [6.07, 6.45) is -0.104. The van der Waals surface area contributed by atoms with E-state index in [1.54, 1.807) is 30.3 Å². The predicted molar refractivity (Wildman–Crippen MR) is 127 cm³/mol. The fraction of sp³-hybridized carbons (Fsp3) is 0.222. The van der Waals surface area contributed by atoms with E-state index in [1.807, 2.05) is 24.3 Å². The van der Waals surface area contributed by atoms with Crippen LogP contribution < -0.4 is 10.6 Å². The summed E-state index contributed by atoms with van der Waals surface area (Å²) >= 11 is 0. The summed E-state index contributed by atoms with van der Waals surface area (Å²) in [4.78, 5) is 35.9. The Balaban J connectivity index is 1.22. The third-order valence-electron chi connectivity index (χ3n) is 5.88. The number of alkyl carbamates (subject to hydrolysis) is 1. The number of amides is 2. The number of benzene rings is 3. The molecule has 0 bridgehead atoms. The molecule has 0 saturated heterocycles. The molecule has 0 fully saturated rings. The lowest BCUT2D eigenvalue weighted by Gasteiger charge is -2.15. The second-order valence-corrected chi connectivity index (χ2v) is 8.11. The molecule has 2 amide bonds. The summed E-state index contributed by atoms with van der Waals surface area (Å²) in [5.41, 5.74) is 5.10. The van der Waals surface area contributed by atoms with Crippen LogP contribution in [-0.4, -0.2) is 36.2 Å². The lowest BCUT2D eigenvalue weighted by atomic mass is 9.98. The summed E-state index contributed by atoms with van der Waals surface area (Å²) in [5.74, 6) is -1.54. The Morgan fingerprint density at radius 3 is 2.06 bits per heavy atom. The van der Waals surface area contributed by atoms with Crippen molar-refractivity contribution in [3.8, 4) is 11.1 Å². The van der Waals surface area contributed by atoms with E-state index in [9.17, 15) is 19.5 Å². The third-order valence-corrected chi connectivity index (χ3v) is 5.88. The molecule has 0 aliphatic heterocycles. The van der Waals surface area contributed by atoms with Gasteiger partial charge in [-0.15, -0.1) is 0 Å². The van der Waals surface area contributed by atoms with Crippen LogP contribution in [-0.2, 0) is 14.3 Å². The van der Waals surface area contributed by atoms with E-state index < -0.39 is 24.0 Å². The quantitative estimate of drug-likeness (QED) is 0.416. The minimum absolute atomic E-state index is 0.0186. The van der Waals surface area contributed by atoms with Gasteiger partial charge in [0.2, 0.25) is 5.91 Å². The van der Waals surface area contributed by atoms with Gasteiger partial charge in [-0.05, 0) is 34.2 Å². The van der Waals surface area contributed by atoms with Gasteiger partial charge in [-0.25, -0.2) is 9.59 Å². The summed E-state index contributed by atoms with van der Waals surface area (Å²) in [6, 6.07) is 23.6. The lowest BCUT2D eigenvalue weighted by Crippen LogP contribution is -2.34. The van der Waals surface area contributed by atoms with Crippen molar-refractivity contribution in [2.75, 3.05) is 13.2 Å². The highest BCUT2D eigenvalue weighted by Crippen LogP contribution is 2.44. The Kier molecular flexibility index (Phi) is 7.22. The first-order chi connectivity index (χ1) is 16.5. The molecule has 174 valence electrons. The molecule has 1 aliphatic rings. The summed E-state index contributed by atoms with van der Waals surface area (Å²) in [7, 11) is 0. The van der Waals surface area contributed by atoms with Gasteiger partial charge in [0.05, 0.1) is 0 Å². The maximum atomic E-state index is 12.2. The van der Waals surface area contributed by atoms with Gasteiger partial charge in [-0.3, -0.25) is 4.79 Å². The van der Waals surface area contributed by atoms with Crippen molar-refractivity contribution in [3.63, 3.8) is 0 Å². The zero-order chi connectivity index (χ0) is 23.9. The molecule has 0 radical (unpaired) electrons. The smallest absolute Gasteiger partial charge is 0.407 e. The Labute approximate surface area is 197 Å². The number of rotatable bonds is 9. The standard InChI is InChI=1S/C27H26N2O5/c30-24(29-25(26(31)32)18-9-2-1-3-10-18)15-8-16-28-27(33)34-17-23-21-13-6-4-11-19(21)20-12-5-7-14-22(20)23/h1-7,9-14,23,25H,8,15-17H2,(H,28,33)(H,29,30)(H,31,32)/t25-/m1/s1. The number of carboxylic acid groups (broad SMARTS) is 1. The molecule has 4 rings (SSSR count). The first-order valence-electron chi connectivity index (χ1n) is 11.2. The van der Waals surface area contributed by atoms with Gasteiger partial charge < -0.3 is 20.5 Å². The van der Waals surface area contributed by atoms with Crippen LogP contribution in [0.1, 0.15) is 41.5 Å². The van der Waals surface area contributed by atoms with E-state index in [2.05, 4.69) is 34.9 Å². The zero-order valence-corrected chi connectivity index (χ0v) is 18.6. The van der Waals surface area contributed by atoms with Gasteiger partial charge in [-0.2, -0.15) is 0 Å². The van der Waals surface area contributed by atoms with E-state index in [0.717, 1.165) is 22.3 Å². The molecule has 1 aliphatic carbocycles. The summed E-state index contributed by atoms with van der Waals surface area (Å²) in [6.45, 7) is 0.463. The van der Waals surface area contributed by atoms with Crippen LogP contribution in [0.3, 0.4) is 0 Å². The Bertz CT molecular complexity index is 1130. The van der Waals surface area contributed by atoms with E-state index >= 15 is 0 Å². The highest BCUT2D eigenvalue weighted by molar-refractivity contribution is 5.84. The van der Waals surface area contributed by atoms with Crippen molar-refractivity contribution in [2.45, 2.75) is 24.8 Å². The molecule has 3 N–H and O–H groups in total. The van der Waals surface area contributed by atoms with Gasteiger partial charge in [0.25, 0.3) is 0 Å². The van der Waals surface area contributed by atoms with Crippen LogP contribution in [0.25, 0.3) is 11.1 Å². The number of hydrogen-bond donors (Lipinski definition) is 3. The Morgan fingerprint density at radius 2 is 1.44 bits per heavy atom. The maximum absolute atomic E-state index is 12.2. The molecule has 0 aromatic heterocycles. The molecule has 7 nitrogen and oxygen atoms in total. The van der Waals surface area contributed by atoms with E-state index in [4.69, 9.17) is 4.74 Å². The molecule has 0 unspecified atom stereocenters. The molecule has 1 atom stereocenters. The molecule has 3 aromatic carbocycles. The highest BCUT2D eigenvalue weighted by atomic mass is 16.5. The lowest BCUT2D eigenvalue weighted by molar-refractivity contribution is -0.142. The van der Waals surface area contributed by atoms with Crippen LogP contribution in [0.2, 0.25) is 0 Å². The Morgan fingerprint density at radius 1 is 0.853 bits per heavy atom. The monoisotopic (exact) mass is 458 g/mol. The number of carbonyl (C=O) groups is 3. The molecule has 0 heterocycles. The van der Waals surface area contributed by atoms with E-state index in [1.165, 1.54) is 0 Å². The summed E-state index contributed by atoms with van der Waals surface area (Å²) in [5, 5.41) is 14.6. The van der Waals surface area contributed by atoms with Gasteiger partial charge in [0.15, 0.2) is 6.04 Å². The second-order valence-electron chi connectivity index (χ2n) is 8.11. The van der Waals surface area contributed by atoms with Crippen molar-refractivity contribution < 1.29 is 24.2 Å². The number of hydrogen-bond acceptors (Lipinski definition) is 4. The molecular formula is C27H26N2O5. The number of carboxylic acids is 1. The van der Waals surface area contributed by atoms with Crippen LogP contribution in [0, 0.1) is 0 Å². The van der Waals surface area contributed by atoms with Gasteiger partial charge in [-0.1, -0.05) is 78.9 Å². The normalized spacial score (nSPS) is 12.8. The van der Waals surface area contributed by atoms with Crippen LogP contribution in [0.4, 0.5) is 4.79 Å². The summed E-state index contributed by atoms with van der Waals surface area (Å²) < 4.78 is 5.47. The largest absolute Gasteiger partial charge is 0.479 e. The fourth-order valence-electron chi connectivity index (χ4n) is 4.26.